The molecule has 5 N–H and O–H groups in total. The van der Waals surface area contributed by atoms with Crippen molar-refractivity contribution in [3.8, 4) is 5.69 Å². The number of nitrogens with zero attached hydrogens (tertiary/aromatic N) is 4. The largest absolute Gasteiger partial charge is 0.478 e. The third-order valence-corrected chi connectivity index (χ3v) is 5.79. The molecule has 0 aliphatic carbocycles. The van der Waals surface area contributed by atoms with E-state index in [0.29, 0.717) is 22.7 Å². The molecule has 1 amide bonds. The molecule has 0 saturated carbocycles. The Kier molecular flexibility index (Phi) is 8.29. The molecule has 3 aromatic carbocycles. The lowest BCUT2D eigenvalue weighted by atomic mass is 10.1. The van der Waals surface area contributed by atoms with Gasteiger partial charge in [0.25, 0.3) is 0 Å². The molecule has 0 radical (unpaired) electrons. The molecule has 0 saturated heterocycles. The van der Waals surface area contributed by atoms with Crippen molar-refractivity contribution in [2.75, 3.05) is 17.6 Å². The van der Waals surface area contributed by atoms with Crippen molar-refractivity contribution < 1.29 is 19.1 Å². The van der Waals surface area contributed by atoms with Crippen LogP contribution in [0.2, 0.25) is 5.02 Å². The zero-order valence-electron chi connectivity index (χ0n) is 19.9. The van der Waals surface area contributed by atoms with Gasteiger partial charge in [-0.1, -0.05) is 47.0 Å². The number of hydrogen-bond acceptors (Lipinski definition) is 7. The number of halogens is 2. The lowest BCUT2D eigenvalue weighted by molar-refractivity contribution is -0.117. The number of carboxylic acid groups (broad SMARTS) is 1. The van der Waals surface area contributed by atoms with Gasteiger partial charge in [-0.25, -0.2) is 9.18 Å². The number of anilines is 2. The van der Waals surface area contributed by atoms with E-state index in [-0.39, 0.29) is 23.7 Å². The summed E-state index contributed by atoms with van der Waals surface area (Å²) in [5.74, 6) is -2.25. The molecule has 0 fully saturated rings. The van der Waals surface area contributed by atoms with Gasteiger partial charge in [0.15, 0.2) is 0 Å². The average Bonchev–Trinajstić information content (AvgIpc) is 3.32. The van der Waals surface area contributed by atoms with Crippen molar-refractivity contribution in [1.29, 1.82) is 0 Å². The van der Waals surface area contributed by atoms with E-state index in [1.54, 1.807) is 24.3 Å². The molecule has 1 aromatic heterocycles. The summed E-state index contributed by atoms with van der Waals surface area (Å²) in [5, 5.41) is 26.4. The first-order valence-corrected chi connectivity index (χ1v) is 11.8. The molecule has 12 heteroatoms. The van der Waals surface area contributed by atoms with Crippen LogP contribution in [-0.2, 0) is 11.2 Å². The van der Waals surface area contributed by atoms with E-state index in [1.807, 2.05) is 30.3 Å². The number of nitrogen functional groups attached to an aromatic ring is 1. The fourth-order valence-electron chi connectivity index (χ4n) is 3.73. The number of hydrogen-bond donors (Lipinski definition) is 4. The monoisotopic (exact) mass is 535 g/mol. The number of carbonyl (C=O) groups is 2. The summed E-state index contributed by atoms with van der Waals surface area (Å²) < 4.78 is 15.7. The quantitative estimate of drug-likeness (QED) is 0.225. The summed E-state index contributed by atoms with van der Waals surface area (Å²) in [4.78, 5) is 24.0. The van der Waals surface area contributed by atoms with Gasteiger partial charge in [-0.2, -0.15) is 4.68 Å². The zero-order valence-corrected chi connectivity index (χ0v) is 20.6. The Bertz CT molecular complexity index is 1480. The second kappa shape index (κ2) is 12.0. The Morgan fingerprint density at radius 2 is 1.92 bits per heavy atom. The third kappa shape index (κ3) is 6.71. The molecule has 0 aliphatic rings. The Balaban J connectivity index is 1.50. The fourth-order valence-corrected chi connectivity index (χ4v) is 3.91. The van der Waals surface area contributed by atoms with Crippen molar-refractivity contribution in [2.45, 2.75) is 12.5 Å². The van der Waals surface area contributed by atoms with Crippen LogP contribution in [0.4, 0.5) is 16.0 Å². The van der Waals surface area contributed by atoms with Gasteiger partial charge in [-0.15, -0.1) is 0 Å². The lowest BCUT2D eigenvalue weighted by Gasteiger charge is -2.20. The van der Waals surface area contributed by atoms with Gasteiger partial charge >= 0.3 is 5.97 Å². The SMILES string of the molecule is Nc1nnnn1-c1ccc(Cl)cc1/C=C/C(=O)N[C@@H](CNc1ccc(C(=O)O)cc1F)Cc1ccccc1. The highest BCUT2D eigenvalue weighted by molar-refractivity contribution is 6.30. The van der Waals surface area contributed by atoms with Crippen LogP contribution in [-0.4, -0.2) is 49.8 Å². The number of carbonyl (C=O) groups excluding carboxylic acids is 1. The topological polar surface area (TPSA) is 148 Å². The summed E-state index contributed by atoms with van der Waals surface area (Å²) in [7, 11) is 0. The Morgan fingerprint density at radius 1 is 1.13 bits per heavy atom. The molecule has 0 unspecified atom stereocenters. The molecule has 0 aliphatic heterocycles. The highest BCUT2D eigenvalue weighted by Gasteiger charge is 2.15. The molecule has 1 heterocycles. The van der Waals surface area contributed by atoms with Crippen molar-refractivity contribution >= 4 is 41.2 Å². The summed E-state index contributed by atoms with van der Waals surface area (Å²) >= 11 is 6.15. The maximum absolute atomic E-state index is 14.4. The van der Waals surface area contributed by atoms with Gasteiger partial charge in [0.05, 0.1) is 23.0 Å². The van der Waals surface area contributed by atoms with E-state index in [9.17, 15) is 14.0 Å². The predicted molar refractivity (Wildman–Crippen MR) is 142 cm³/mol. The first-order valence-electron chi connectivity index (χ1n) is 11.4. The predicted octanol–water partition coefficient (Wildman–Crippen LogP) is 3.59. The number of nitrogens with one attached hydrogen (secondary N) is 2. The first-order chi connectivity index (χ1) is 18.3. The minimum Gasteiger partial charge on any atom is -0.478 e. The van der Waals surface area contributed by atoms with Crippen LogP contribution in [0.1, 0.15) is 21.5 Å². The van der Waals surface area contributed by atoms with Crippen LogP contribution in [0.5, 0.6) is 0 Å². The first kappa shape index (κ1) is 26.3. The van der Waals surface area contributed by atoms with E-state index < -0.39 is 23.7 Å². The second-order valence-corrected chi connectivity index (χ2v) is 8.70. The average molecular weight is 536 g/mol. The van der Waals surface area contributed by atoms with E-state index in [0.717, 1.165) is 11.6 Å². The van der Waals surface area contributed by atoms with Gasteiger partial charge in [0.2, 0.25) is 11.9 Å². The van der Waals surface area contributed by atoms with Crippen molar-refractivity contribution in [3.05, 3.63) is 100 Å². The molecule has 4 rings (SSSR count). The van der Waals surface area contributed by atoms with Crippen LogP contribution in [0.25, 0.3) is 11.8 Å². The molecule has 38 heavy (non-hydrogen) atoms. The Hall–Kier alpha value is -4.77. The molecular weight excluding hydrogens is 513 g/mol. The van der Waals surface area contributed by atoms with Crippen LogP contribution in [0.15, 0.2) is 72.8 Å². The lowest BCUT2D eigenvalue weighted by Crippen LogP contribution is -2.40. The normalized spacial score (nSPS) is 11.8. The van der Waals surface area contributed by atoms with Gasteiger partial charge < -0.3 is 21.5 Å². The number of carboxylic acids is 1. The smallest absolute Gasteiger partial charge is 0.335 e. The standard InChI is InChI=1S/C26H23ClFN7O3/c27-19-8-10-23(35-26(29)32-33-34-35)17(13-19)7-11-24(36)31-20(12-16-4-2-1-3-5-16)15-30-22-9-6-18(25(37)38)14-21(22)28/h1-11,13-14,20,30H,12,15H2,(H,31,36)(H,37,38)(H2,29,32,34)/b11-7+/t20-/m1/s1. The summed E-state index contributed by atoms with van der Waals surface area (Å²) in [5.41, 5.74) is 7.85. The molecule has 10 nitrogen and oxygen atoms in total. The van der Waals surface area contributed by atoms with Crippen molar-refractivity contribution in [3.63, 3.8) is 0 Å². The van der Waals surface area contributed by atoms with E-state index >= 15 is 0 Å². The molecular formula is C26H23ClFN7O3. The zero-order chi connectivity index (χ0) is 27.1. The third-order valence-electron chi connectivity index (χ3n) is 5.55. The van der Waals surface area contributed by atoms with Crippen molar-refractivity contribution in [1.82, 2.24) is 25.5 Å². The van der Waals surface area contributed by atoms with Gasteiger partial charge in [-0.3, -0.25) is 4.79 Å². The number of benzene rings is 3. The summed E-state index contributed by atoms with van der Waals surface area (Å²) in [6, 6.07) is 17.7. The van der Waals surface area contributed by atoms with Gasteiger partial charge in [0, 0.05) is 23.2 Å². The highest BCUT2D eigenvalue weighted by Crippen LogP contribution is 2.22. The van der Waals surface area contributed by atoms with Crippen LogP contribution >= 0.6 is 11.6 Å². The maximum Gasteiger partial charge on any atom is 0.335 e. The number of rotatable bonds is 10. The number of nitrogens with two attached hydrogens (primary N) is 1. The second-order valence-electron chi connectivity index (χ2n) is 8.26. The highest BCUT2D eigenvalue weighted by atomic mass is 35.5. The van der Waals surface area contributed by atoms with E-state index in [1.165, 1.54) is 22.9 Å². The van der Waals surface area contributed by atoms with Crippen LogP contribution in [0.3, 0.4) is 0 Å². The number of tetrazole rings is 1. The van der Waals surface area contributed by atoms with Crippen LogP contribution < -0.4 is 16.4 Å². The van der Waals surface area contributed by atoms with Crippen molar-refractivity contribution in [2.24, 2.45) is 0 Å². The Labute approximate surface area is 221 Å². The molecule has 4 aromatic rings. The van der Waals surface area contributed by atoms with Gasteiger partial charge in [-0.05, 0) is 64.9 Å². The van der Waals surface area contributed by atoms with Crippen LogP contribution in [0, 0.1) is 5.82 Å². The van der Waals surface area contributed by atoms with Gasteiger partial charge in [0.1, 0.15) is 5.82 Å². The minimum absolute atomic E-state index is 0.0732. The minimum atomic E-state index is -1.22. The van der Waals surface area contributed by atoms with E-state index in [2.05, 4.69) is 26.2 Å². The summed E-state index contributed by atoms with van der Waals surface area (Å²) in [6.45, 7) is 0.182. The number of amides is 1. The molecule has 0 bridgehead atoms. The number of aromatic carboxylic acids is 1. The maximum atomic E-state index is 14.4. The number of aromatic nitrogens is 4. The Morgan fingerprint density at radius 3 is 2.61 bits per heavy atom. The fraction of sp³-hybridized carbons (Fsp3) is 0.115. The van der Waals surface area contributed by atoms with E-state index in [4.69, 9.17) is 22.4 Å². The molecule has 1 atom stereocenters. The molecule has 0 spiro atoms. The summed E-state index contributed by atoms with van der Waals surface area (Å²) in [6.07, 6.45) is 3.37. The molecule has 194 valence electrons.